The van der Waals surface area contributed by atoms with Crippen LogP contribution in [0.4, 0.5) is 0 Å². The number of likely N-dealkylation sites (N-methyl/N-ethyl adjacent to an activating group) is 1. The molecule has 2 rings (SSSR count). The zero-order valence-corrected chi connectivity index (χ0v) is 18.7. The van der Waals surface area contributed by atoms with E-state index in [4.69, 9.17) is 4.74 Å². The molecule has 1 aromatic rings. The standard InChI is InChI=1S/C20H32N4O5S/c1-4-23(5-2)14-12-21-19(25)20(26)22-15-16-7-6-13-24(16)30(27,28)18-10-8-17(29-3)9-11-18/h8-11,16H,4-7,12-15H2,1-3H3,(H,21,25)(H,22,26)/t16-/m1/s1. The van der Waals surface area contributed by atoms with Gasteiger partial charge in [-0.25, -0.2) is 8.42 Å². The smallest absolute Gasteiger partial charge is 0.309 e. The van der Waals surface area contributed by atoms with E-state index in [1.165, 1.54) is 23.5 Å². The summed E-state index contributed by atoms with van der Waals surface area (Å²) in [5.74, 6) is -0.876. The minimum absolute atomic E-state index is 0.0949. The molecule has 0 saturated carbocycles. The number of hydrogen-bond acceptors (Lipinski definition) is 6. The van der Waals surface area contributed by atoms with E-state index in [1.54, 1.807) is 12.1 Å². The summed E-state index contributed by atoms with van der Waals surface area (Å²) in [7, 11) is -2.17. The number of hydrogen-bond donors (Lipinski definition) is 2. The topological polar surface area (TPSA) is 108 Å². The van der Waals surface area contributed by atoms with Crippen molar-refractivity contribution in [3.05, 3.63) is 24.3 Å². The number of sulfonamides is 1. The number of ether oxygens (including phenoxy) is 1. The van der Waals surface area contributed by atoms with Gasteiger partial charge >= 0.3 is 11.8 Å². The Hall–Kier alpha value is -2.17. The van der Waals surface area contributed by atoms with Crippen molar-refractivity contribution in [2.45, 2.75) is 37.6 Å². The van der Waals surface area contributed by atoms with Gasteiger partial charge in [-0.15, -0.1) is 0 Å². The van der Waals surface area contributed by atoms with E-state index in [0.29, 0.717) is 38.2 Å². The van der Waals surface area contributed by atoms with Crippen LogP contribution in [-0.2, 0) is 19.6 Å². The molecule has 2 amide bonds. The van der Waals surface area contributed by atoms with Crippen molar-refractivity contribution in [2.24, 2.45) is 0 Å². The Kier molecular flexibility index (Phi) is 9.07. The normalized spacial score (nSPS) is 17.1. The summed E-state index contributed by atoms with van der Waals surface area (Å²) >= 11 is 0. The highest BCUT2D eigenvalue weighted by Gasteiger charge is 2.35. The number of carbonyl (C=O) groups is 2. The fourth-order valence-corrected chi connectivity index (χ4v) is 5.14. The molecule has 0 spiro atoms. The maximum Gasteiger partial charge on any atom is 0.309 e. The SMILES string of the molecule is CCN(CC)CCNC(=O)C(=O)NC[C@H]1CCCN1S(=O)(=O)c1ccc(OC)cc1. The van der Waals surface area contributed by atoms with Crippen LogP contribution < -0.4 is 15.4 Å². The molecule has 1 aliphatic heterocycles. The second-order valence-corrected chi connectivity index (χ2v) is 8.97. The van der Waals surface area contributed by atoms with Crippen molar-refractivity contribution in [1.82, 2.24) is 19.8 Å². The Morgan fingerprint density at radius 2 is 1.77 bits per heavy atom. The number of nitrogens with one attached hydrogen (secondary N) is 2. The van der Waals surface area contributed by atoms with Crippen LogP contribution in [0.1, 0.15) is 26.7 Å². The van der Waals surface area contributed by atoms with Gasteiger partial charge in [0.1, 0.15) is 5.75 Å². The first kappa shape index (κ1) is 24.1. The van der Waals surface area contributed by atoms with Gasteiger partial charge in [0, 0.05) is 32.2 Å². The zero-order chi connectivity index (χ0) is 22.1. The number of nitrogens with zero attached hydrogens (tertiary/aromatic N) is 2. The molecule has 1 fully saturated rings. The largest absolute Gasteiger partial charge is 0.497 e. The molecule has 30 heavy (non-hydrogen) atoms. The van der Waals surface area contributed by atoms with Gasteiger partial charge in [0.05, 0.1) is 12.0 Å². The van der Waals surface area contributed by atoms with Crippen LogP contribution in [0, 0.1) is 0 Å². The molecule has 9 nitrogen and oxygen atoms in total. The summed E-state index contributed by atoms with van der Waals surface area (Å²) in [5.41, 5.74) is 0. The van der Waals surface area contributed by atoms with Gasteiger partial charge in [0.2, 0.25) is 10.0 Å². The lowest BCUT2D eigenvalue weighted by molar-refractivity contribution is -0.139. The first-order chi connectivity index (χ1) is 14.3. The number of amides is 2. The van der Waals surface area contributed by atoms with E-state index >= 15 is 0 Å². The first-order valence-electron chi connectivity index (χ1n) is 10.3. The Balaban J connectivity index is 1.89. The predicted molar refractivity (Wildman–Crippen MR) is 114 cm³/mol. The maximum absolute atomic E-state index is 13.0. The lowest BCUT2D eigenvalue weighted by Crippen LogP contribution is -2.47. The highest BCUT2D eigenvalue weighted by atomic mass is 32.2. The summed E-state index contributed by atoms with van der Waals surface area (Å²) in [6.45, 7) is 7.34. The highest BCUT2D eigenvalue weighted by molar-refractivity contribution is 7.89. The summed E-state index contributed by atoms with van der Waals surface area (Å²) in [6, 6.07) is 5.83. The number of rotatable bonds is 10. The van der Waals surface area contributed by atoms with Crippen molar-refractivity contribution in [3.8, 4) is 5.75 Å². The quantitative estimate of drug-likeness (QED) is 0.511. The third kappa shape index (κ3) is 6.16. The van der Waals surface area contributed by atoms with Gasteiger partial charge in [0.15, 0.2) is 0 Å². The lowest BCUT2D eigenvalue weighted by atomic mass is 10.2. The van der Waals surface area contributed by atoms with Crippen molar-refractivity contribution < 1.29 is 22.7 Å². The van der Waals surface area contributed by atoms with Gasteiger partial charge in [-0.2, -0.15) is 4.31 Å². The first-order valence-corrected chi connectivity index (χ1v) is 11.7. The van der Waals surface area contributed by atoms with Gasteiger partial charge in [-0.05, 0) is 50.2 Å². The van der Waals surface area contributed by atoms with Gasteiger partial charge in [-0.3, -0.25) is 9.59 Å². The van der Waals surface area contributed by atoms with E-state index in [0.717, 1.165) is 13.1 Å². The fraction of sp³-hybridized carbons (Fsp3) is 0.600. The molecule has 0 radical (unpaired) electrons. The predicted octanol–water partition coefficient (Wildman–Crippen LogP) is 0.423. The molecule has 0 aromatic heterocycles. The maximum atomic E-state index is 13.0. The van der Waals surface area contributed by atoms with Crippen molar-refractivity contribution in [3.63, 3.8) is 0 Å². The lowest BCUT2D eigenvalue weighted by Gasteiger charge is -2.24. The highest BCUT2D eigenvalue weighted by Crippen LogP contribution is 2.26. The van der Waals surface area contributed by atoms with Crippen molar-refractivity contribution >= 4 is 21.8 Å². The van der Waals surface area contributed by atoms with Crippen LogP contribution in [0.5, 0.6) is 5.75 Å². The number of methoxy groups -OCH3 is 1. The molecule has 1 saturated heterocycles. The molecule has 10 heteroatoms. The van der Waals surface area contributed by atoms with Crippen LogP contribution in [-0.4, -0.2) is 81.9 Å². The van der Waals surface area contributed by atoms with Crippen LogP contribution in [0.15, 0.2) is 29.2 Å². The van der Waals surface area contributed by atoms with E-state index in [2.05, 4.69) is 15.5 Å². The molecular formula is C20H32N4O5S. The second kappa shape index (κ2) is 11.3. The molecular weight excluding hydrogens is 408 g/mol. The third-order valence-corrected chi connectivity index (χ3v) is 7.27. The molecule has 168 valence electrons. The average molecular weight is 441 g/mol. The van der Waals surface area contributed by atoms with E-state index in [9.17, 15) is 18.0 Å². The van der Waals surface area contributed by atoms with E-state index < -0.39 is 21.8 Å². The van der Waals surface area contributed by atoms with E-state index in [-0.39, 0.29) is 17.5 Å². The summed E-state index contributed by atoms with van der Waals surface area (Å²) in [6.07, 6.45) is 1.32. The van der Waals surface area contributed by atoms with Crippen molar-refractivity contribution in [1.29, 1.82) is 0 Å². The van der Waals surface area contributed by atoms with Crippen LogP contribution in [0.2, 0.25) is 0 Å². The fourth-order valence-electron chi connectivity index (χ4n) is 3.45. The minimum Gasteiger partial charge on any atom is -0.497 e. The number of carbonyl (C=O) groups excluding carboxylic acids is 2. The van der Waals surface area contributed by atoms with Gasteiger partial charge in [0.25, 0.3) is 0 Å². The summed E-state index contributed by atoms with van der Waals surface area (Å²) < 4.78 is 32.4. The Morgan fingerprint density at radius 3 is 2.37 bits per heavy atom. The second-order valence-electron chi connectivity index (χ2n) is 7.08. The minimum atomic E-state index is -3.69. The van der Waals surface area contributed by atoms with Gasteiger partial charge < -0.3 is 20.3 Å². The average Bonchev–Trinajstić information content (AvgIpc) is 3.24. The third-order valence-electron chi connectivity index (χ3n) is 5.30. The van der Waals surface area contributed by atoms with Crippen LogP contribution >= 0.6 is 0 Å². The Bertz CT molecular complexity index is 809. The van der Waals surface area contributed by atoms with Crippen LogP contribution in [0.3, 0.4) is 0 Å². The monoisotopic (exact) mass is 440 g/mol. The Morgan fingerprint density at radius 1 is 1.13 bits per heavy atom. The molecule has 0 bridgehead atoms. The number of benzene rings is 1. The molecule has 0 unspecified atom stereocenters. The van der Waals surface area contributed by atoms with Crippen molar-refractivity contribution in [2.75, 3.05) is 46.4 Å². The molecule has 1 heterocycles. The molecule has 1 atom stereocenters. The van der Waals surface area contributed by atoms with Gasteiger partial charge in [-0.1, -0.05) is 13.8 Å². The zero-order valence-electron chi connectivity index (χ0n) is 17.9. The molecule has 0 aliphatic carbocycles. The van der Waals surface area contributed by atoms with Crippen LogP contribution in [0.25, 0.3) is 0 Å². The Labute approximate surface area is 178 Å². The molecule has 1 aliphatic rings. The summed E-state index contributed by atoms with van der Waals surface area (Å²) in [4.78, 5) is 26.4. The van der Waals surface area contributed by atoms with E-state index in [1.807, 2.05) is 13.8 Å². The molecule has 2 N–H and O–H groups in total. The summed E-state index contributed by atoms with van der Waals surface area (Å²) in [5, 5.41) is 5.17. The molecule has 1 aromatic carbocycles.